The van der Waals surface area contributed by atoms with Crippen molar-refractivity contribution in [3.8, 4) is 0 Å². The normalized spacial score (nSPS) is 9.62. The summed E-state index contributed by atoms with van der Waals surface area (Å²) in [7, 11) is 0. The molecule has 5 N–H and O–H groups in total. The minimum absolute atomic E-state index is 0.390. The van der Waals surface area contributed by atoms with Crippen LogP contribution < -0.4 is 16.4 Å². The molecule has 0 aliphatic carbocycles. The van der Waals surface area contributed by atoms with Crippen LogP contribution in [0.25, 0.3) is 0 Å². The molecule has 0 aliphatic heterocycles. The van der Waals surface area contributed by atoms with Gasteiger partial charge in [0.25, 0.3) is 0 Å². The fraction of sp³-hybridized carbons (Fsp3) is 0.200. The van der Waals surface area contributed by atoms with E-state index < -0.39 is 6.03 Å². The lowest BCUT2D eigenvalue weighted by Gasteiger charge is -2.08. The number of nitrogens with one attached hydrogen (secondary N) is 3. The van der Waals surface area contributed by atoms with E-state index in [0.29, 0.717) is 5.69 Å². The van der Waals surface area contributed by atoms with E-state index in [1.807, 2.05) is 12.1 Å². The van der Waals surface area contributed by atoms with Crippen molar-refractivity contribution >= 4 is 33.6 Å². The highest BCUT2D eigenvalue weighted by atomic mass is 79.9. The Morgan fingerprint density at radius 1 is 1.56 bits per heavy atom. The number of benzene rings is 1. The fourth-order valence-corrected chi connectivity index (χ4v) is 1.68. The Balaban J connectivity index is 2.74. The summed E-state index contributed by atoms with van der Waals surface area (Å²) in [6.45, 7) is 2.05. The van der Waals surface area contributed by atoms with Gasteiger partial charge in [-0.05, 0) is 40.0 Å². The number of guanidine groups is 1. The zero-order chi connectivity index (χ0) is 12.1. The first-order chi connectivity index (χ1) is 7.52. The summed E-state index contributed by atoms with van der Waals surface area (Å²) in [6.07, 6.45) is 0.929. The lowest BCUT2D eigenvalue weighted by Crippen LogP contribution is -2.38. The van der Waals surface area contributed by atoms with Gasteiger partial charge < -0.3 is 11.1 Å². The van der Waals surface area contributed by atoms with Crippen LogP contribution in [0, 0.1) is 5.41 Å². The van der Waals surface area contributed by atoms with Crippen LogP contribution in [0.15, 0.2) is 22.7 Å². The van der Waals surface area contributed by atoms with Gasteiger partial charge >= 0.3 is 6.03 Å². The lowest BCUT2D eigenvalue weighted by atomic mass is 10.1. The molecule has 1 aromatic rings. The summed E-state index contributed by atoms with van der Waals surface area (Å²) in [5.74, 6) is -0.390. The van der Waals surface area contributed by atoms with Crippen molar-refractivity contribution < 1.29 is 4.79 Å². The van der Waals surface area contributed by atoms with Crippen LogP contribution in [0.4, 0.5) is 10.5 Å². The van der Waals surface area contributed by atoms with E-state index in [1.165, 1.54) is 5.56 Å². The van der Waals surface area contributed by atoms with Crippen LogP contribution in [0.1, 0.15) is 12.5 Å². The van der Waals surface area contributed by atoms with Gasteiger partial charge in [0.1, 0.15) is 0 Å². The van der Waals surface area contributed by atoms with Crippen LogP contribution >= 0.6 is 15.9 Å². The maximum atomic E-state index is 11.3. The second-order valence-corrected chi connectivity index (χ2v) is 4.01. The highest BCUT2D eigenvalue weighted by Gasteiger charge is 2.05. The highest BCUT2D eigenvalue weighted by molar-refractivity contribution is 9.10. The van der Waals surface area contributed by atoms with Gasteiger partial charge in [-0.2, -0.15) is 0 Å². The Morgan fingerprint density at radius 2 is 2.25 bits per heavy atom. The number of carbonyl (C=O) groups excluding carboxylic acids is 1. The molecule has 5 nitrogen and oxygen atoms in total. The molecule has 1 aromatic carbocycles. The third kappa shape index (κ3) is 3.54. The first-order valence-electron chi connectivity index (χ1n) is 4.73. The molecule has 0 aliphatic rings. The Labute approximate surface area is 102 Å². The topological polar surface area (TPSA) is 91.0 Å². The summed E-state index contributed by atoms with van der Waals surface area (Å²) >= 11 is 3.36. The van der Waals surface area contributed by atoms with Crippen molar-refractivity contribution in [3.63, 3.8) is 0 Å². The van der Waals surface area contributed by atoms with Gasteiger partial charge in [-0.1, -0.05) is 13.0 Å². The molecule has 16 heavy (non-hydrogen) atoms. The Morgan fingerprint density at radius 3 is 2.75 bits per heavy atom. The standard InChI is InChI=1S/C10H13BrN4O/c1-2-6-3-4-8(7(11)5-6)14-10(16)15-9(12)13/h3-5H,2H2,1H3,(H5,12,13,14,15,16). The van der Waals surface area contributed by atoms with Crippen LogP contribution in [0.3, 0.4) is 0 Å². The fourth-order valence-electron chi connectivity index (χ4n) is 1.16. The molecule has 86 valence electrons. The Kier molecular flexibility index (Phi) is 4.30. The van der Waals surface area contributed by atoms with Crippen molar-refractivity contribution in [3.05, 3.63) is 28.2 Å². The maximum absolute atomic E-state index is 11.3. The van der Waals surface area contributed by atoms with Crippen LogP contribution in [0.2, 0.25) is 0 Å². The summed E-state index contributed by atoms with van der Waals surface area (Å²) in [5, 5.41) is 11.6. The van der Waals surface area contributed by atoms with E-state index in [1.54, 1.807) is 6.07 Å². The Hall–Kier alpha value is -1.56. The number of carbonyl (C=O) groups is 1. The number of rotatable bonds is 2. The molecule has 1 rings (SSSR count). The number of hydrogen-bond acceptors (Lipinski definition) is 2. The van der Waals surface area contributed by atoms with Gasteiger partial charge in [-0.3, -0.25) is 10.7 Å². The van der Waals surface area contributed by atoms with Crippen molar-refractivity contribution in [2.24, 2.45) is 5.73 Å². The predicted molar refractivity (Wildman–Crippen MR) is 67.6 cm³/mol. The molecular formula is C10H13BrN4O. The molecule has 0 saturated heterocycles. The lowest BCUT2D eigenvalue weighted by molar-refractivity contribution is 0.256. The minimum Gasteiger partial charge on any atom is -0.370 e. The SMILES string of the molecule is CCc1ccc(NC(=O)NC(=N)N)c(Br)c1. The quantitative estimate of drug-likeness (QED) is 0.494. The van der Waals surface area contributed by atoms with E-state index in [2.05, 4.69) is 33.5 Å². The van der Waals surface area contributed by atoms with Crippen molar-refractivity contribution in [2.45, 2.75) is 13.3 Å². The van der Waals surface area contributed by atoms with E-state index >= 15 is 0 Å². The molecule has 0 radical (unpaired) electrons. The smallest absolute Gasteiger partial charge is 0.326 e. The Bertz CT molecular complexity index is 419. The van der Waals surface area contributed by atoms with E-state index in [9.17, 15) is 4.79 Å². The molecule has 6 heteroatoms. The second-order valence-electron chi connectivity index (χ2n) is 3.16. The molecule has 0 atom stereocenters. The average molecular weight is 285 g/mol. The van der Waals surface area contributed by atoms with Crippen LogP contribution in [-0.4, -0.2) is 12.0 Å². The highest BCUT2D eigenvalue weighted by Crippen LogP contribution is 2.23. The summed E-state index contributed by atoms with van der Waals surface area (Å²) in [6, 6.07) is 5.12. The minimum atomic E-state index is -0.530. The van der Waals surface area contributed by atoms with Crippen molar-refractivity contribution in [1.82, 2.24) is 5.32 Å². The summed E-state index contributed by atoms with van der Waals surface area (Å²) < 4.78 is 0.797. The number of hydrogen-bond donors (Lipinski definition) is 4. The zero-order valence-corrected chi connectivity index (χ0v) is 10.4. The molecule has 0 heterocycles. The van der Waals surface area contributed by atoms with E-state index in [0.717, 1.165) is 10.9 Å². The monoisotopic (exact) mass is 284 g/mol. The molecule has 0 unspecified atom stereocenters. The molecule has 2 amide bonds. The van der Waals surface area contributed by atoms with Crippen LogP contribution in [-0.2, 0) is 6.42 Å². The summed E-state index contributed by atoms with van der Waals surface area (Å²) in [4.78, 5) is 11.3. The predicted octanol–water partition coefficient (Wildman–Crippen LogP) is 2.03. The molecule has 0 spiro atoms. The van der Waals surface area contributed by atoms with E-state index in [-0.39, 0.29) is 5.96 Å². The molecule has 0 bridgehead atoms. The average Bonchev–Trinajstić information content (AvgIpc) is 2.19. The van der Waals surface area contributed by atoms with Gasteiger partial charge in [-0.15, -0.1) is 0 Å². The number of aryl methyl sites for hydroxylation is 1. The van der Waals surface area contributed by atoms with Crippen molar-refractivity contribution in [2.75, 3.05) is 5.32 Å². The van der Waals surface area contributed by atoms with Crippen LogP contribution in [0.5, 0.6) is 0 Å². The first kappa shape index (κ1) is 12.5. The number of urea groups is 1. The van der Waals surface area contributed by atoms with E-state index in [4.69, 9.17) is 11.1 Å². The van der Waals surface area contributed by atoms with Gasteiger partial charge in [-0.25, -0.2) is 4.79 Å². The molecule has 0 fully saturated rings. The van der Waals surface area contributed by atoms with Gasteiger partial charge in [0.15, 0.2) is 5.96 Å². The van der Waals surface area contributed by atoms with Gasteiger partial charge in [0.05, 0.1) is 5.69 Å². The molecule has 0 saturated carbocycles. The number of amides is 2. The molecule has 0 aromatic heterocycles. The van der Waals surface area contributed by atoms with Gasteiger partial charge in [0.2, 0.25) is 0 Å². The largest absolute Gasteiger partial charge is 0.370 e. The number of anilines is 1. The number of halogens is 1. The van der Waals surface area contributed by atoms with Crippen molar-refractivity contribution in [1.29, 1.82) is 5.41 Å². The first-order valence-corrected chi connectivity index (χ1v) is 5.52. The zero-order valence-electron chi connectivity index (χ0n) is 8.80. The maximum Gasteiger partial charge on any atom is 0.326 e. The third-order valence-corrected chi connectivity index (χ3v) is 2.59. The third-order valence-electron chi connectivity index (χ3n) is 1.94. The van der Waals surface area contributed by atoms with Gasteiger partial charge in [0, 0.05) is 4.47 Å². The number of nitrogens with two attached hydrogens (primary N) is 1. The molecular weight excluding hydrogens is 272 g/mol. The summed E-state index contributed by atoms with van der Waals surface area (Å²) in [5.41, 5.74) is 6.84. The second kappa shape index (κ2) is 5.50.